The molecule has 0 aromatic heterocycles. The zero-order valence-electron chi connectivity index (χ0n) is 18.2. The van der Waals surface area contributed by atoms with Gasteiger partial charge in [-0.15, -0.1) is 0 Å². The number of amidine groups is 1. The molecule has 8 nitrogen and oxygen atoms in total. The number of halogens is 2. The molecule has 5 rings (SSSR count). The first-order valence-electron chi connectivity index (χ1n) is 10.6. The maximum atomic E-state index is 15.6. The van der Waals surface area contributed by atoms with Crippen LogP contribution < -0.4 is 10.5 Å². The molecule has 0 saturated carbocycles. The molecule has 2 atom stereocenters. The summed E-state index contributed by atoms with van der Waals surface area (Å²) in [4.78, 5) is 12.6. The van der Waals surface area contributed by atoms with Crippen LogP contribution in [0.4, 0.5) is 8.78 Å². The van der Waals surface area contributed by atoms with Gasteiger partial charge in [-0.25, -0.2) is 4.99 Å². The van der Waals surface area contributed by atoms with Crippen LogP contribution in [0.2, 0.25) is 0 Å². The van der Waals surface area contributed by atoms with Gasteiger partial charge in [0, 0.05) is 18.6 Å². The van der Waals surface area contributed by atoms with E-state index in [9.17, 15) is 5.26 Å². The second kappa shape index (κ2) is 8.91. The van der Waals surface area contributed by atoms with E-state index in [1.165, 1.54) is 0 Å². The number of nitriles is 1. The Balaban J connectivity index is 0.000000868. The predicted octanol–water partition coefficient (Wildman–Crippen LogP) is 3.43. The largest absolute Gasteiger partial charge is 0.484 e. The molecule has 1 fully saturated rings. The molecule has 178 valence electrons. The minimum Gasteiger partial charge on any atom is -0.484 e. The van der Waals surface area contributed by atoms with E-state index in [4.69, 9.17) is 29.8 Å². The first kappa shape index (κ1) is 23.4. The van der Waals surface area contributed by atoms with Crippen molar-refractivity contribution >= 4 is 12.5 Å². The number of hydrogen-bond acceptors (Lipinski definition) is 7. The molecule has 3 aliphatic rings. The van der Waals surface area contributed by atoms with Crippen LogP contribution >= 0.6 is 0 Å². The van der Waals surface area contributed by atoms with Crippen LogP contribution in [0.15, 0.2) is 47.5 Å². The molecule has 2 aromatic rings. The molecule has 0 amide bonds. The lowest BCUT2D eigenvalue weighted by molar-refractivity contribution is -0.170. The van der Waals surface area contributed by atoms with E-state index in [1.54, 1.807) is 36.4 Å². The van der Waals surface area contributed by atoms with E-state index in [0.717, 1.165) is 5.56 Å². The van der Waals surface area contributed by atoms with E-state index in [1.807, 2.05) is 6.07 Å². The van der Waals surface area contributed by atoms with Crippen molar-refractivity contribution in [3.8, 4) is 22.9 Å². The minimum atomic E-state index is -3.30. The van der Waals surface area contributed by atoms with Crippen molar-refractivity contribution in [2.75, 3.05) is 19.8 Å². The molecule has 3 N–H and O–H groups in total. The van der Waals surface area contributed by atoms with Gasteiger partial charge in [0.05, 0.1) is 18.2 Å². The number of ether oxygens (including phenoxy) is 3. The summed E-state index contributed by atoms with van der Waals surface area (Å²) < 4.78 is 48.0. The second-order valence-corrected chi connectivity index (χ2v) is 8.43. The topological polar surface area (TPSA) is 127 Å². The summed E-state index contributed by atoms with van der Waals surface area (Å²) in [6.07, 6.45) is 1.24. The van der Waals surface area contributed by atoms with Crippen molar-refractivity contribution in [1.82, 2.24) is 0 Å². The quantitative estimate of drug-likeness (QED) is 0.610. The molecular formula is C24H23F2N3O5. The Bertz CT molecular complexity index is 1160. The van der Waals surface area contributed by atoms with Gasteiger partial charge >= 0.3 is 5.92 Å². The summed E-state index contributed by atoms with van der Waals surface area (Å²) in [6, 6.07) is 14.0. The molecule has 10 heteroatoms. The van der Waals surface area contributed by atoms with Crippen molar-refractivity contribution in [3.63, 3.8) is 0 Å². The van der Waals surface area contributed by atoms with Crippen LogP contribution in [-0.2, 0) is 19.8 Å². The third-order valence-electron chi connectivity index (χ3n) is 6.25. The Labute approximate surface area is 194 Å². The summed E-state index contributed by atoms with van der Waals surface area (Å²) in [5.41, 5.74) is 5.16. The molecular weight excluding hydrogens is 448 g/mol. The van der Waals surface area contributed by atoms with Crippen LogP contribution in [0.3, 0.4) is 0 Å². The summed E-state index contributed by atoms with van der Waals surface area (Å²) >= 11 is 0. The van der Waals surface area contributed by atoms with Crippen LogP contribution in [0.25, 0.3) is 11.1 Å². The van der Waals surface area contributed by atoms with Gasteiger partial charge < -0.3 is 25.1 Å². The average molecular weight is 471 g/mol. The number of nitrogens with two attached hydrogens (primary N) is 1. The maximum absolute atomic E-state index is 15.6. The second-order valence-electron chi connectivity index (χ2n) is 8.43. The van der Waals surface area contributed by atoms with Crippen molar-refractivity contribution in [2.45, 2.75) is 36.3 Å². The number of alkyl halides is 2. The lowest BCUT2D eigenvalue weighted by Crippen LogP contribution is -2.61. The van der Waals surface area contributed by atoms with Crippen molar-refractivity contribution in [1.29, 1.82) is 5.26 Å². The van der Waals surface area contributed by atoms with Gasteiger partial charge in [0.25, 0.3) is 12.5 Å². The van der Waals surface area contributed by atoms with Crippen LogP contribution in [0, 0.1) is 11.3 Å². The first-order valence-corrected chi connectivity index (χ1v) is 10.6. The number of aliphatic imine (C=N–C) groups is 1. The standard InChI is InChI=1S/C23H21F2N3O3.CH2O2/c24-23(25)14-30-20(27)28-22(23)12-21(7-2-8-29-13-21)31-19-6-5-17(10-18(19)22)16-4-1-3-15(9-16)11-26;2-1-3/h1,3-6,9-10H,2,7-8,12-14H2,(H2,27,28);1H,(H,2,3)/t21-,22-;/m1./s1. The average Bonchev–Trinajstić information content (AvgIpc) is 2.83. The molecule has 3 heterocycles. The Morgan fingerprint density at radius 1 is 1.18 bits per heavy atom. The molecule has 0 radical (unpaired) electrons. The number of fused-ring (bicyclic) bond motifs is 2. The molecule has 3 aliphatic heterocycles. The Kier molecular flexibility index (Phi) is 6.15. The number of benzene rings is 2. The van der Waals surface area contributed by atoms with Crippen LogP contribution in [0.1, 0.15) is 30.4 Å². The summed E-state index contributed by atoms with van der Waals surface area (Å²) in [7, 11) is 0. The van der Waals surface area contributed by atoms with Gasteiger partial charge in [0.15, 0.2) is 12.1 Å². The highest BCUT2D eigenvalue weighted by atomic mass is 19.3. The number of hydrogen-bond donors (Lipinski definition) is 2. The van der Waals surface area contributed by atoms with Gasteiger partial charge in [-0.1, -0.05) is 18.2 Å². The molecule has 34 heavy (non-hydrogen) atoms. The Hall–Kier alpha value is -3.71. The van der Waals surface area contributed by atoms with Gasteiger partial charge in [0.2, 0.25) is 0 Å². The lowest BCUT2D eigenvalue weighted by atomic mass is 9.70. The van der Waals surface area contributed by atoms with Gasteiger partial charge in [-0.2, -0.15) is 14.0 Å². The number of nitrogens with zero attached hydrogens (tertiary/aromatic N) is 2. The third kappa shape index (κ3) is 4.03. The number of carboxylic acid groups (broad SMARTS) is 1. The number of carbonyl (C=O) groups is 1. The van der Waals surface area contributed by atoms with E-state index < -0.39 is 23.7 Å². The monoisotopic (exact) mass is 471 g/mol. The first-order chi connectivity index (χ1) is 16.3. The fourth-order valence-corrected chi connectivity index (χ4v) is 4.78. The van der Waals surface area contributed by atoms with Crippen molar-refractivity contribution in [3.05, 3.63) is 53.6 Å². The fourth-order valence-electron chi connectivity index (χ4n) is 4.78. The van der Waals surface area contributed by atoms with Gasteiger partial charge in [-0.3, -0.25) is 4.79 Å². The van der Waals surface area contributed by atoms with E-state index in [-0.39, 0.29) is 31.1 Å². The summed E-state index contributed by atoms with van der Waals surface area (Å²) in [5, 5.41) is 16.1. The maximum Gasteiger partial charge on any atom is 0.310 e. The van der Waals surface area contributed by atoms with Gasteiger partial charge in [-0.05, 0) is 48.2 Å². The Morgan fingerprint density at radius 2 is 1.94 bits per heavy atom. The fraction of sp³-hybridized carbons (Fsp3) is 0.375. The molecule has 0 unspecified atom stereocenters. The zero-order chi connectivity index (χ0) is 24.4. The van der Waals surface area contributed by atoms with Crippen LogP contribution in [0.5, 0.6) is 5.75 Å². The Morgan fingerprint density at radius 3 is 2.65 bits per heavy atom. The highest BCUT2D eigenvalue weighted by Gasteiger charge is 2.65. The molecule has 0 bridgehead atoms. The number of rotatable bonds is 1. The molecule has 2 aromatic carbocycles. The van der Waals surface area contributed by atoms with E-state index in [2.05, 4.69) is 11.1 Å². The SMILES string of the molecule is N#Cc1cccc(-c2ccc3c(c2)[C@@]2(C[C@@]4(CCCOC4)O3)N=C(N)OCC2(F)F)c1.O=CO. The molecule has 0 aliphatic carbocycles. The normalized spacial score (nSPS) is 26.6. The van der Waals surface area contributed by atoms with E-state index >= 15 is 8.78 Å². The highest BCUT2D eigenvalue weighted by molar-refractivity contribution is 5.75. The van der Waals surface area contributed by atoms with Crippen LogP contribution in [-0.4, -0.2) is 48.9 Å². The van der Waals surface area contributed by atoms with Crippen molar-refractivity contribution < 1.29 is 32.9 Å². The predicted molar refractivity (Wildman–Crippen MR) is 118 cm³/mol. The third-order valence-corrected chi connectivity index (χ3v) is 6.25. The van der Waals surface area contributed by atoms with Gasteiger partial charge in [0.1, 0.15) is 11.4 Å². The van der Waals surface area contributed by atoms with E-state index in [0.29, 0.717) is 36.3 Å². The smallest absolute Gasteiger partial charge is 0.310 e. The summed E-state index contributed by atoms with van der Waals surface area (Å²) in [6.45, 7) is -0.316. The lowest BCUT2D eigenvalue weighted by Gasteiger charge is -2.51. The molecule has 1 saturated heterocycles. The zero-order valence-corrected chi connectivity index (χ0v) is 18.2. The molecule has 2 spiro atoms. The summed E-state index contributed by atoms with van der Waals surface area (Å²) in [5.74, 6) is -2.96. The van der Waals surface area contributed by atoms with Crippen molar-refractivity contribution in [2.24, 2.45) is 10.7 Å². The minimum absolute atomic E-state index is 0.0637. The highest BCUT2D eigenvalue weighted by Crippen LogP contribution is 2.56.